The molecular formula is C40H45F3N4O3. The number of halogens is 3. The van der Waals surface area contributed by atoms with Crippen LogP contribution in [0.15, 0.2) is 54.3 Å². The number of Topliss-reactive ketones (excluding diaryl/α,β-unsaturated/α-hetero) is 1. The fourth-order valence-corrected chi connectivity index (χ4v) is 11.6. The minimum absolute atomic E-state index is 0.00407. The molecule has 3 fully saturated rings. The Morgan fingerprint density at radius 3 is 2.38 bits per heavy atom. The number of imidazole rings is 1. The molecule has 0 radical (unpaired) electrons. The quantitative estimate of drug-likeness (QED) is 0.313. The van der Waals surface area contributed by atoms with Crippen molar-refractivity contribution in [1.82, 2.24) is 14.5 Å². The number of nitrogens with zero attached hydrogens (tertiary/aromatic N) is 4. The van der Waals surface area contributed by atoms with Crippen molar-refractivity contribution in [2.24, 2.45) is 50.2 Å². The van der Waals surface area contributed by atoms with Crippen molar-refractivity contribution in [1.29, 1.82) is 5.26 Å². The van der Waals surface area contributed by atoms with Crippen LogP contribution in [0.5, 0.6) is 0 Å². The summed E-state index contributed by atoms with van der Waals surface area (Å²) < 4.78 is 41.7. The number of nitriles is 1. The highest BCUT2D eigenvalue weighted by Crippen LogP contribution is 2.74. The van der Waals surface area contributed by atoms with Crippen LogP contribution in [0.2, 0.25) is 0 Å². The maximum Gasteiger partial charge on any atom is 0.417 e. The molecule has 0 N–H and O–H groups in total. The van der Waals surface area contributed by atoms with Gasteiger partial charge in [0.15, 0.2) is 11.6 Å². The van der Waals surface area contributed by atoms with Crippen LogP contribution >= 0.6 is 0 Å². The lowest BCUT2D eigenvalue weighted by Crippen LogP contribution is -2.66. The van der Waals surface area contributed by atoms with Gasteiger partial charge in [-0.3, -0.25) is 23.9 Å². The lowest BCUT2D eigenvalue weighted by Gasteiger charge is -2.69. The van der Waals surface area contributed by atoms with Crippen molar-refractivity contribution in [2.75, 3.05) is 0 Å². The van der Waals surface area contributed by atoms with Gasteiger partial charge in [-0.2, -0.15) is 18.4 Å². The third-order valence-corrected chi connectivity index (χ3v) is 14.5. The van der Waals surface area contributed by atoms with Gasteiger partial charge in [0.25, 0.3) is 0 Å². The Bertz CT molecular complexity index is 1950. The summed E-state index contributed by atoms with van der Waals surface area (Å²) in [5, 5.41) is 10.0. The third kappa shape index (κ3) is 4.56. The van der Waals surface area contributed by atoms with Crippen LogP contribution in [0.3, 0.4) is 0 Å². The molecule has 7 nitrogen and oxygen atoms in total. The molecule has 7 rings (SSSR count). The number of aromatic nitrogens is 3. The molecule has 2 aromatic heterocycles. The second-order valence-corrected chi connectivity index (χ2v) is 17.8. The summed E-state index contributed by atoms with van der Waals surface area (Å²) in [5.41, 5.74) is -2.62. The number of rotatable bonds is 2. The summed E-state index contributed by atoms with van der Waals surface area (Å²) in [4.78, 5) is 51.2. The van der Waals surface area contributed by atoms with E-state index in [4.69, 9.17) is 0 Å². The second kappa shape index (κ2) is 10.6. The number of allylic oxidation sites excluding steroid dienone is 4. The van der Waals surface area contributed by atoms with Crippen LogP contribution in [-0.4, -0.2) is 32.0 Å². The van der Waals surface area contributed by atoms with Crippen molar-refractivity contribution < 1.29 is 27.6 Å². The van der Waals surface area contributed by atoms with E-state index in [9.17, 15) is 32.8 Å². The molecule has 0 saturated heterocycles. The molecule has 0 amide bonds. The van der Waals surface area contributed by atoms with Gasteiger partial charge in [0.2, 0.25) is 5.91 Å². The van der Waals surface area contributed by atoms with Crippen molar-refractivity contribution >= 4 is 17.5 Å². The molecular weight excluding hydrogens is 641 g/mol. The molecule has 2 heterocycles. The maximum absolute atomic E-state index is 14.8. The van der Waals surface area contributed by atoms with Gasteiger partial charge in [-0.15, -0.1) is 0 Å². The van der Waals surface area contributed by atoms with Crippen LogP contribution in [0, 0.1) is 61.6 Å². The van der Waals surface area contributed by atoms with Crippen LogP contribution < -0.4 is 0 Å². The fourth-order valence-electron chi connectivity index (χ4n) is 11.6. The van der Waals surface area contributed by atoms with E-state index in [1.807, 2.05) is 26.0 Å². The van der Waals surface area contributed by atoms with E-state index in [1.54, 1.807) is 0 Å². The number of carbonyl (C=O) groups excluding carboxylic acids is 3. The van der Waals surface area contributed by atoms with E-state index < -0.39 is 44.7 Å². The SMILES string of the molecule is CC1(C)CC[C@]2(C(=O)n3cnc(-c4cncc(C(F)(F)F)c4)c3)CC[C@]3(C)[C@H](C(=O)C=C4[C@@]5(C)C=C(C#N)C(=O)C(C)(C)C5CC[C@]43C)C2C1. The molecule has 2 unspecified atom stereocenters. The van der Waals surface area contributed by atoms with Gasteiger partial charge in [-0.25, -0.2) is 4.98 Å². The first-order valence-corrected chi connectivity index (χ1v) is 17.7. The number of carbonyl (C=O) groups is 3. The van der Waals surface area contributed by atoms with Crippen molar-refractivity contribution in [2.45, 2.75) is 99.6 Å². The lowest BCUT2D eigenvalue weighted by molar-refractivity contribution is -0.164. The highest BCUT2D eigenvalue weighted by molar-refractivity contribution is 6.04. The number of fused-ring (bicyclic) bond motifs is 7. The summed E-state index contributed by atoms with van der Waals surface area (Å²) in [5.74, 6) is -1.06. The fraction of sp³-hybridized carbons (Fsp3) is 0.600. The van der Waals surface area contributed by atoms with Gasteiger partial charge in [-0.05, 0) is 85.2 Å². The normalized spacial score (nSPS) is 37.3. The maximum atomic E-state index is 14.8. The molecule has 10 heteroatoms. The monoisotopic (exact) mass is 686 g/mol. The molecule has 2 aromatic rings. The Morgan fingerprint density at radius 2 is 1.70 bits per heavy atom. The van der Waals surface area contributed by atoms with Crippen molar-refractivity contribution in [3.63, 3.8) is 0 Å². The van der Waals surface area contributed by atoms with E-state index >= 15 is 0 Å². The number of hydrogen-bond acceptors (Lipinski definition) is 6. The number of pyridine rings is 1. The number of alkyl halides is 3. The van der Waals surface area contributed by atoms with Gasteiger partial charge in [0, 0.05) is 40.9 Å². The van der Waals surface area contributed by atoms with Crippen LogP contribution in [-0.2, 0) is 15.8 Å². The topological polar surface area (TPSA) is 106 Å². The van der Waals surface area contributed by atoms with E-state index in [-0.39, 0.29) is 51.6 Å². The van der Waals surface area contributed by atoms with E-state index in [0.717, 1.165) is 37.1 Å². The molecule has 3 saturated carbocycles. The van der Waals surface area contributed by atoms with Crippen molar-refractivity contribution in [3.05, 3.63) is 59.8 Å². The summed E-state index contributed by atoms with van der Waals surface area (Å²) in [6.07, 6.45) is 8.89. The first-order chi connectivity index (χ1) is 23.1. The first-order valence-electron chi connectivity index (χ1n) is 17.7. The van der Waals surface area contributed by atoms with Gasteiger partial charge in [0.05, 0.1) is 22.2 Å². The highest BCUT2D eigenvalue weighted by atomic mass is 19.4. The molecule has 50 heavy (non-hydrogen) atoms. The average Bonchev–Trinajstić information content (AvgIpc) is 3.54. The number of ketones is 2. The predicted molar refractivity (Wildman–Crippen MR) is 180 cm³/mol. The number of hydrogen-bond donors (Lipinski definition) is 0. The molecule has 5 aliphatic rings. The molecule has 0 spiro atoms. The predicted octanol–water partition coefficient (Wildman–Crippen LogP) is 8.82. The van der Waals surface area contributed by atoms with Gasteiger partial charge in [0.1, 0.15) is 12.4 Å². The zero-order valence-corrected chi connectivity index (χ0v) is 29.9. The van der Waals surface area contributed by atoms with Crippen LogP contribution in [0.25, 0.3) is 11.3 Å². The standard InChI is InChI=1S/C40H45F3N4O3/c1-34(2)10-12-39(33(50)47-21-27(46-22-47)23-14-25(20-45-19-23)40(41,42)43)13-11-38(7)31(26(39)17-34)28(48)15-30-36(5)16-24(18-44)32(49)35(3,4)29(36)8-9-37(30,38)6/h14-16,19-22,26,29,31H,8-13,17H2,1-7H3/t26?,29?,31-,36-,37+,38+,39-/m0/s1. The van der Waals surface area contributed by atoms with Gasteiger partial charge < -0.3 is 0 Å². The zero-order chi connectivity index (χ0) is 36.4. The Kier molecular flexibility index (Phi) is 7.32. The Labute approximate surface area is 291 Å². The van der Waals surface area contributed by atoms with Crippen molar-refractivity contribution in [3.8, 4) is 17.3 Å². The van der Waals surface area contributed by atoms with E-state index in [1.165, 1.54) is 23.3 Å². The van der Waals surface area contributed by atoms with Gasteiger partial charge in [-0.1, -0.05) is 60.1 Å². The lowest BCUT2D eigenvalue weighted by atomic mass is 9.34. The largest absolute Gasteiger partial charge is 0.417 e. The third-order valence-electron chi connectivity index (χ3n) is 14.5. The summed E-state index contributed by atoms with van der Waals surface area (Å²) in [6, 6.07) is 3.14. The van der Waals surface area contributed by atoms with E-state index in [2.05, 4.69) is 50.7 Å². The first kappa shape index (κ1) is 34.6. The Hall–Kier alpha value is -3.87. The Morgan fingerprint density at radius 1 is 1.00 bits per heavy atom. The highest BCUT2D eigenvalue weighted by Gasteiger charge is 2.71. The smallest absolute Gasteiger partial charge is 0.295 e. The molecule has 0 aromatic carbocycles. The molecule has 5 aliphatic carbocycles. The minimum Gasteiger partial charge on any atom is -0.295 e. The summed E-state index contributed by atoms with van der Waals surface area (Å²) >= 11 is 0. The summed E-state index contributed by atoms with van der Waals surface area (Å²) in [6.45, 7) is 14.8. The molecule has 0 bridgehead atoms. The Balaban J connectivity index is 1.31. The summed E-state index contributed by atoms with van der Waals surface area (Å²) in [7, 11) is 0. The second-order valence-electron chi connectivity index (χ2n) is 17.8. The zero-order valence-electron chi connectivity index (χ0n) is 29.9. The molecule has 264 valence electrons. The minimum atomic E-state index is -4.57. The van der Waals surface area contributed by atoms with Crippen LogP contribution in [0.4, 0.5) is 13.2 Å². The van der Waals surface area contributed by atoms with Crippen LogP contribution in [0.1, 0.15) is 104 Å². The average molecular weight is 687 g/mol. The van der Waals surface area contributed by atoms with E-state index in [0.29, 0.717) is 25.7 Å². The van der Waals surface area contributed by atoms with Gasteiger partial charge >= 0.3 is 6.18 Å². The molecule has 0 aliphatic heterocycles. The molecule has 7 atom stereocenters.